The van der Waals surface area contributed by atoms with Crippen molar-refractivity contribution < 1.29 is 14.7 Å². The van der Waals surface area contributed by atoms with E-state index in [1.165, 1.54) is 4.88 Å². The van der Waals surface area contributed by atoms with Gasteiger partial charge in [0.05, 0.1) is 16.8 Å². The smallest absolute Gasteiger partial charge is 0.307 e. The highest BCUT2D eigenvalue weighted by molar-refractivity contribution is 7.11. The Hall–Kier alpha value is -1.43. The van der Waals surface area contributed by atoms with Crippen molar-refractivity contribution in [3.8, 4) is 0 Å². The summed E-state index contributed by atoms with van der Waals surface area (Å²) in [6.45, 7) is 2.61. The fourth-order valence-corrected chi connectivity index (χ4v) is 2.67. The van der Waals surface area contributed by atoms with Crippen molar-refractivity contribution in [2.24, 2.45) is 11.8 Å². The molecule has 0 saturated heterocycles. The molecule has 0 spiro atoms. The average molecular weight is 268 g/mol. The summed E-state index contributed by atoms with van der Waals surface area (Å²) < 4.78 is 0. The Morgan fingerprint density at radius 3 is 2.89 bits per heavy atom. The van der Waals surface area contributed by atoms with Crippen LogP contribution in [0.5, 0.6) is 0 Å². The van der Waals surface area contributed by atoms with Crippen molar-refractivity contribution in [1.29, 1.82) is 0 Å². The summed E-state index contributed by atoms with van der Waals surface area (Å²) in [5, 5.41) is 12.5. The van der Waals surface area contributed by atoms with E-state index < -0.39 is 11.9 Å². The van der Waals surface area contributed by atoms with Gasteiger partial charge in [0.2, 0.25) is 5.91 Å². The Morgan fingerprint density at radius 2 is 2.33 bits per heavy atom. The monoisotopic (exact) mass is 268 g/mol. The minimum atomic E-state index is -0.873. The van der Waals surface area contributed by atoms with Gasteiger partial charge in [0.1, 0.15) is 0 Å². The number of aromatic nitrogens is 1. The van der Waals surface area contributed by atoms with Crippen molar-refractivity contribution in [3.05, 3.63) is 16.1 Å². The molecule has 1 aromatic rings. The Bertz CT molecular complexity index is 458. The first kappa shape index (κ1) is 13.0. The van der Waals surface area contributed by atoms with Gasteiger partial charge in [-0.1, -0.05) is 6.92 Å². The van der Waals surface area contributed by atoms with Crippen molar-refractivity contribution in [3.63, 3.8) is 0 Å². The van der Waals surface area contributed by atoms with Gasteiger partial charge in [-0.05, 0) is 12.8 Å². The molecule has 0 aromatic carbocycles. The average Bonchev–Trinajstić information content (AvgIpc) is 3.03. The molecule has 2 rings (SSSR count). The lowest BCUT2D eigenvalue weighted by Crippen LogP contribution is -2.28. The number of amides is 1. The van der Waals surface area contributed by atoms with Crippen molar-refractivity contribution in [1.82, 2.24) is 10.3 Å². The Kier molecular flexibility index (Phi) is 3.96. The van der Waals surface area contributed by atoms with E-state index in [0.717, 1.165) is 11.4 Å². The number of carbonyl (C=O) groups is 2. The molecule has 1 aliphatic carbocycles. The molecule has 1 heterocycles. The Balaban J connectivity index is 1.69. The van der Waals surface area contributed by atoms with Gasteiger partial charge in [-0.2, -0.15) is 0 Å². The fourth-order valence-electron chi connectivity index (χ4n) is 1.81. The van der Waals surface area contributed by atoms with Crippen LogP contribution in [0.1, 0.15) is 23.2 Å². The third-order valence-corrected chi connectivity index (χ3v) is 4.23. The van der Waals surface area contributed by atoms with E-state index in [1.807, 2.05) is 6.20 Å². The van der Waals surface area contributed by atoms with Gasteiger partial charge >= 0.3 is 5.97 Å². The molecule has 0 radical (unpaired) electrons. The van der Waals surface area contributed by atoms with Crippen LogP contribution >= 0.6 is 11.3 Å². The summed E-state index contributed by atoms with van der Waals surface area (Å²) in [5.74, 6) is -1.82. The summed E-state index contributed by atoms with van der Waals surface area (Å²) in [5.41, 5.74) is 0. The van der Waals surface area contributed by atoms with Crippen LogP contribution in [0.4, 0.5) is 0 Å². The number of nitrogens with one attached hydrogen (secondary N) is 1. The van der Waals surface area contributed by atoms with E-state index in [-0.39, 0.29) is 11.8 Å². The molecule has 6 heteroatoms. The first-order chi connectivity index (χ1) is 8.61. The van der Waals surface area contributed by atoms with Crippen LogP contribution in [-0.2, 0) is 22.4 Å². The summed E-state index contributed by atoms with van der Waals surface area (Å²) >= 11 is 1.66. The molecular formula is C12H16N2O3S. The lowest BCUT2D eigenvalue weighted by atomic mass is 10.3. The number of rotatable bonds is 6. The molecule has 1 amide bonds. The Morgan fingerprint density at radius 1 is 1.56 bits per heavy atom. The zero-order chi connectivity index (χ0) is 13.1. The van der Waals surface area contributed by atoms with Crippen LogP contribution in [0.25, 0.3) is 0 Å². The van der Waals surface area contributed by atoms with Gasteiger partial charge in [-0.25, -0.2) is 4.98 Å². The molecule has 1 aromatic heterocycles. The van der Waals surface area contributed by atoms with Gasteiger partial charge < -0.3 is 10.4 Å². The number of nitrogens with zero attached hydrogens (tertiary/aromatic N) is 1. The number of hydrogen-bond acceptors (Lipinski definition) is 4. The van der Waals surface area contributed by atoms with Crippen molar-refractivity contribution in [2.45, 2.75) is 26.2 Å². The van der Waals surface area contributed by atoms with Gasteiger partial charge in [0, 0.05) is 24.0 Å². The quantitative estimate of drug-likeness (QED) is 0.809. The Labute approximate surface area is 109 Å². The summed E-state index contributed by atoms with van der Waals surface area (Å²) in [6, 6.07) is 0. The lowest BCUT2D eigenvalue weighted by molar-refractivity contribution is -0.140. The maximum Gasteiger partial charge on any atom is 0.307 e. The molecule has 5 nitrogen and oxygen atoms in total. The highest BCUT2D eigenvalue weighted by Gasteiger charge is 2.48. The molecule has 0 bridgehead atoms. The van der Waals surface area contributed by atoms with Crippen molar-refractivity contribution in [2.75, 3.05) is 6.54 Å². The highest BCUT2D eigenvalue weighted by atomic mass is 32.1. The predicted molar refractivity (Wildman–Crippen MR) is 67.4 cm³/mol. The van der Waals surface area contributed by atoms with E-state index in [1.54, 1.807) is 11.3 Å². The van der Waals surface area contributed by atoms with Crippen LogP contribution in [0.2, 0.25) is 0 Å². The minimum absolute atomic E-state index is 0.144. The molecule has 98 valence electrons. The van der Waals surface area contributed by atoms with Gasteiger partial charge in [-0.3, -0.25) is 9.59 Å². The van der Waals surface area contributed by atoms with E-state index in [4.69, 9.17) is 5.11 Å². The topological polar surface area (TPSA) is 79.3 Å². The molecule has 1 saturated carbocycles. The molecular weight excluding hydrogens is 252 g/mol. The lowest BCUT2D eigenvalue weighted by Gasteiger charge is -2.02. The molecule has 18 heavy (non-hydrogen) atoms. The summed E-state index contributed by atoms with van der Waals surface area (Å²) in [4.78, 5) is 27.7. The predicted octanol–water partition coefficient (Wildman–Crippen LogP) is 1.08. The third kappa shape index (κ3) is 3.07. The number of carboxylic acid groups (broad SMARTS) is 1. The number of carbonyl (C=O) groups excluding carboxylic acids is 1. The largest absolute Gasteiger partial charge is 0.481 e. The second kappa shape index (κ2) is 5.48. The van der Waals surface area contributed by atoms with E-state index in [9.17, 15) is 9.59 Å². The zero-order valence-corrected chi connectivity index (χ0v) is 11.0. The molecule has 1 aliphatic rings. The van der Waals surface area contributed by atoms with Crippen LogP contribution in [0, 0.1) is 11.8 Å². The molecule has 0 aliphatic heterocycles. The van der Waals surface area contributed by atoms with Crippen LogP contribution < -0.4 is 5.32 Å². The number of aliphatic carboxylic acids is 1. The SMILES string of the molecule is CCc1cnc(CCNC(=O)C2CC2C(=O)O)s1. The highest BCUT2D eigenvalue weighted by Crippen LogP contribution is 2.38. The van der Waals surface area contributed by atoms with E-state index in [2.05, 4.69) is 17.2 Å². The first-order valence-corrected chi connectivity index (χ1v) is 6.87. The maximum atomic E-state index is 11.6. The number of hydrogen-bond donors (Lipinski definition) is 2. The maximum absolute atomic E-state index is 11.6. The second-order valence-corrected chi connectivity index (χ2v) is 5.60. The van der Waals surface area contributed by atoms with Crippen LogP contribution in [0.15, 0.2) is 6.20 Å². The normalized spacial score (nSPS) is 21.6. The van der Waals surface area contributed by atoms with Gasteiger partial charge in [-0.15, -0.1) is 11.3 Å². The van der Waals surface area contributed by atoms with Crippen LogP contribution in [-0.4, -0.2) is 28.5 Å². The summed E-state index contributed by atoms with van der Waals surface area (Å²) in [7, 11) is 0. The molecule has 2 N–H and O–H groups in total. The van der Waals surface area contributed by atoms with Crippen LogP contribution in [0.3, 0.4) is 0 Å². The number of aryl methyl sites for hydroxylation is 1. The van der Waals surface area contributed by atoms with Gasteiger partial charge in [0.25, 0.3) is 0 Å². The first-order valence-electron chi connectivity index (χ1n) is 6.06. The summed E-state index contributed by atoms with van der Waals surface area (Å²) in [6.07, 6.45) is 4.02. The van der Waals surface area contributed by atoms with E-state index >= 15 is 0 Å². The van der Waals surface area contributed by atoms with Gasteiger partial charge in [0.15, 0.2) is 0 Å². The zero-order valence-electron chi connectivity index (χ0n) is 10.2. The minimum Gasteiger partial charge on any atom is -0.481 e. The number of carboxylic acids is 1. The standard InChI is InChI=1S/C12H16N2O3S/c1-2-7-6-14-10(18-7)3-4-13-11(15)8-5-9(8)12(16)17/h6,8-9H,2-5H2,1H3,(H,13,15)(H,16,17). The fraction of sp³-hybridized carbons (Fsp3) is 0.583. The molecule has 2 atom stereocenters. The van der Waals surface area contributed by atoms with E-state index in [0.29, 0.717) is 19.4 Å². The molecule has 2 unspecified atom stereocenters. The van der Waals surface area contributed by atoms with Crippen molar-refractivity contribution >= 4 is 23.2 Å². The molecule has 1 fully saturated rings. The number of thiazole rings is 1. The second-order valence-electron chi connectivity index (χ2n) is 4.40. The third-order valence-electron chi connectivity index (χ3n) is 3.03.